The number of benzene rings is 5. The summed E-state index contributed by atoms with van der Waals surface area (Å²) in [7, 11) is 3.97. The molecule has 0 aromatic heterocycles. The SMILES string of the molecule is O=C(NC(Cc1ccc(C(=O)c2ccccc2)cc1)C(=O)O)c1cc(S)cc(SSc2ccc3c(c2)C2c4ccc(SS)cc4C3C(C(=O)O)C2C(=O)O)c1. The van der Waals surface area contributed by atoms with Crippen LogP contribution in [0.15, 0.2) is 129 Å². The van der Waals surface area contributed by atoms with Gasteiger partial charge in [0.25, 0.3) is 5.91 Å². The number of carboxylic acid groups (broad SMARTS) is 3. The van der Waals surface area contributed by atoms with Crippen molar-refractivity contribution in [3.8, 4) is 0 Å². The molecule has 0 spiro atoms. The number of nitrogens with one attached hydrogen (secondary N) is 1. The van der Waals surface area contributed by atoms with E-state index in [0.717, 1.165) is 32.0 Å². The van der Waals surface area contributed by atoms with E-state index in [1.807, 2.05) is 42.5 Å². The third kappa shape index (κ3) is 7.92. The lowest BCUT2D eigenvalue weighted by atomic mass is 9.54. The predicted octanol–water partition coefficient (Wildman–Crippen LogP) is 8.36. The van der Waals surface area contributed by atoms with Gasteiger partial charge in [-0.25, -0.2) is 4.79 Å². The molecule has 4 N–H and O–H groups in total. The predicted molar refractivity (Wildman–Crippen MR) is 218 cm³/mol. The maximum Gasteiger partial charge on any atom is 0.326 e. The summed E-state index contributed by atoms with van der Waals surface area (Å²) in [6.45, 7) is 0. The summed E-state index contributed by atoms with van der Waals surface area (Å²) in [5.74, 6) is -7.85. The van der Waals surface area contributed by atoms with Gasteiger partial charge in [0.15, 0.2) is 5.78 Å². The summed E-state index contributed by atoms with van der Waals surface area (Å²) in [6, 6.07) is 30.5. The number of amides is 1. The maximum atomic E-state index is 13.4. The first-order chi connectivity index (χ1) is 26.4. The highest BCUT2D eigenvalue weighted by Crippen LogP contribution is 2.59. The van der Waals surface area contributed by atoms with Gasteiger partial charge in [0.1, 0.15) is 6.04 Å². The number of carboxylic acids is 3. The van der Waals surface area contributed by atoms with Gasteiger partial charge in [0.05, 0.1) is 11.8 Å². The highest BCUT2D eigenvalue weighted by atomic mass is 33.1. The highest BCUT2D eigenvalue weighted by Gasteiger charge is 2.55. The second-order valence-electron chi connectivity index (χ2n) is 13.2. The number of hydrogen-bond donors (Lipinski definition) is 6. The molecule has 9 nitrogen and oxygen atoms in total. The largest absolute Gasteiger partial charge is 0.481 e. The number of fused-ring (bicyclic) bond motifs is 1. The zero-order chi connectivity index (χ0) is 39.0. The van der Waals surface area contributed by atoms with Crippen LogP contribution >= 0.6 is 56.7 Å². The van der Waals surface area contributed by atoms with Crippen molar-refractivity contribution >= 4 is 86.3 Å². The first-order valence-electron chi connectivity index (χ1n) is 16.9. The van der Waals surface area contributed by atoms with Crippen molar-refractivity contribution in [2.75, 3.05) is 0 Å². The number of carbonyl (C=O) groups excluding carboxylic acids is 2. The second-order valence-corrected chi connectivity index (χ2v) is 17.2. The van der Waals surface area contributed by atoms with Crippen LogP contribution in [0.25, 0.3) is 0 Å². The van der Waals surface area contributed by atoms with Gasteiger partial charge in [-0.1, -0.05) is 99.1 Å². The van der Waals surface area contributed by atoms with Crippen LogP contribution in [0.3, 0.4) is 0 Å². The van der Waals surface area contributed by atoms with Gasteiger partial charge in [-0.05, 0) is 70.3 Å². The van der Waals surface area contributed by atoms with E-state index in [1.54, 1.807) is 66.7 Å². The Balaban J connectivity index is 1.07. The average Bonchev–Trinajstić information content (AvgIpc) is 3.19. The number of rotatable bonds is 13. The van der Waals surface area contributed by atoms with Crippen molar-refractivity contribution in [2.45, 2.75) is 43.9 Å². The molecule has 5 aromatic rings. The minimum atomic E-state index is -1.24. The topological polar surface area (TPSA) is 158 Å². The van der Waals surface area contributed by atoms with E-state index < -0.39 is 53.5 Å². The Morgan fingerprint density at radius 1 is 0.618 bits per heavy atom. The van der Waals surface area contributed by atoms with Gasteiger partial charge in [-0.2, -0.15) is 0 Å². The summed E-state index contributed by atoms with van der Waals surface area (Å²) in [5, 5.41) is 33.1. The summed E-state index contributed by atoms with van der Waals surface area (Å²) < 4.78 is 0. The number of thiol groups is 2. The molecule has 8 rings (SSSR count). The Bertz CT molecular complexity index is 2350. The lowest BCUT2D eigenvalue weighted by molar-refractivity contribution is -0.156. The molecule has 3 aliphatic carbocycles. The number of ketones is 1. The molecule has 0 fully saturated rings. The normalized spacial score (nSPS) is 18.4. The summed E-state index contributed by atoms with van der Waals surface area (Å²) in [6.07, 6.45) is -0.00514. The molecule has 55 heavy (non-hydrogen) atoms. The van der Waals surface area contributed by atoms with Crippen LogP contribution in [-0.2, 0) is 20.8 Å². The molecule has 1 amide bonds. The zero-order valence-electron chi connectivity index (χ0n) is 28.5. The van der Waals surface area contributed by atoms with Crippen LogP contribution in [0.1, 0.15) is 65.9 Å². The maximum absolute atomic E-state index is 13.4. The molecule has 5 atom stereocenters. The molecule has 3 aliphatic rings. The molecule has 0 heterocycles. The molecule has 0 saturated carbocycles. The Morgan fingerprint density at radius 3 is 1.76 bits per heavy atom. The van der Waals surface area contributed by atoms with Crippen LogP contribution in [0.5, 0.6) is 0 Å². The molecule has 278 valence electrons. The molecule has 2 bridgehead atoms. The van der Waals surface area contributed by atoms with Crippen molar-refractivity contribution in [1.82, 2.24) is 5.32 Å². The highest BCUT2D eigenvalue weighted by molar-refractivity contribution is 8.76. The van der Waals surface area contributed by atoms with E-state index in [1.165, 1.54) is 32.4 Å². The Morgan fingerprint density at radius 2 is 1.18 bits per heavy atom. The van der Waals surface area contributed by atoms with E-state index in [-0.39, 0.29) is 17.8 Å². The van der Waals surface area contributed by atoms with Gasteiger partial charge < -0.3 is 20.6 Å². The van der Waals surface area contributed by atoms with Gasteiger partial charge in [0, 0.05) is 54.5 Å². The van der Waals surface area contributed by atoms with E-state index in [0.29, 0.717) is 26.5 Å². The van der Waals surface area contributed by atoms with Crippen LogP contribution in [-0.4, -0.2) is 51.0 Å². The van der Waals surface area contributed by atoms with Crippen molar-refractivity contribution < 1.29 is 39.3 Å². The van der Waals surface area contributed by atoms with Crippen LogP contribution in [0, 0.1) is 11.8 Å². The molecule has 0 saturated heterocycles. The van der Waals surface area contributed by atoms with E-state index in [2.05, 4.69) is 29.6 Å². The second kappa shape index (κ2) is 16.2. The third-order valence-corrected chi connectivity index (χ3v) is 13.6. The van der Waals surface area contributed by atoms with Crippen molar-refractivity contribution in [2.24, 2.45) is 11.8 Å². The fraction of sp³-hybridized carbons (Fsp3) is 0.146. The Kier molecular flexibility index (Phi) is 11.4. The molecular weight excluding hydrogens is 795 g/mol. The molecule has 0 aliphatic heterocycles. The van der Waals surface area contributed by atoms with E-state index in [4.69, 9.17) is 0 Å². The van der Waals surface area contributed by atoms with Crippen molar-refractivity contribution in [3.05, 3.63) is 154 Å². The quantitative estimate of drug-likeness (QED) is 0.0385. The molecule has 5 aromatic carbocycles. The summed E-state index contributed by atoms with van der Waals surface area (Å²) >= 11 is 8.80. The standard InChI is InChI=1S/C41H31NO8S5/c43-37(21-4-2-1-3-5-21)22-8-6-20(7-9-22)14-32(39(45)46)42-38(44)23-15-24(51)17-27(16-23)55-54-26-11-13-29-31(19-26)34-28-12-10-25(53-52)18-30(28)33(29)35(40(47)48)36(34)41(49)50/h1-13,15-19,32-36,51-52H,14H2,(H,42,44)(H,45,46)(H,47,48)(H,49,50). The van der Waals surface area contributed by atoms with Crippen LogP contribution in [0.2, 0.25) is 0 Å². The first-order valence-corrected chi connectivity index (χ1v) is 21.4. The first kappa shape index (κ1) is 38.7. The third-order valence-electron chi connectivity index (χ3n) is 9.92. The molecule has 14 heteroatoms. The summed E-state index contributed by atoms with van der Waals surface area (Å²) in [5.41, 5.74) is 5.03. The average molecular weight is 826 g/mol. The summed E-state index contributed by atoms with van der Waals surface area (Å²) in [4.78, 5) is 66.4. The fourth-order valence-electron chi connectivity index (χ4n) is 7.52. The minimum absolute atomic E-state index is 0.00514. The van der Waals surface area contributed by atoms with Crippen molar-refractivity contribution in [3.63, 3.8) is 0 Å². The lowest BCUT2D eigenvalue weighted by Crippen LogP contribution is -2.47. The smallest absolute Gasteiger partial charge is 0.326 e. The van der Waals surface area contributed by atoms with Gasteiger partial charge >= 0.3 is 17.9 Å². The Hall–Kier alpha value is -4.60. The molecule has 5 unspecified atom stereocenters. The van der Waals surface area contributed by atoms with Gasteiger partial charge in [0.2, 0.25) is 0 Å². The number of hydrogen-bond acceptors (Lipinski definition) is 10. The number of carbonyl (C=O) groups is 5. The van der Waals surface area contributed by atoms with Crippen molar-refractivity contribution in [1.29, 1.82) is 0 Å². The fourth-order valence-corrected chi connectivity index (χ4v) is 10.6. The zero-order valence-corrected chi connectivity index (χ0v) is 32.7. The monoisotopic (exact) mass is 825 g/mol. The molecule has 0 radical (unpaired) electrons. The van der Waals surface area contributed by atoms with E-state index >= 15 is 0 Å². The van der Waals surface area contributed by atoms with E-state index in [9.17, 15) is 39.3 Å². The van der Waals surface area contributed by atoms with Crippen LogP contribution < -0.4 is 5.32 Å². The Labute approximate surface area is 338 Å². The molecular formula is C41H31NO8S5. The lowest BCUT2D eigenvalue weighted by Gasteiger charge is -2.47. The minimum Gasteiger partial charge on any atom is -0.481 e. The van der Waals surface area contributed by atoms with Crippen LogP contribution in [0.4, 0.5) is 0 Å². The van der Waals surface area contributed by atoms with Gasteiger partial charge in [-0.3, -0.25) is 19.2 Å². The van der Waals surface area contributed by atoms with Gasteiger partial charge in [-0.15, -0.1) is 24.3 Å². The number of aliphatic carboxylic acids is 3.